The maximum atomic E-state index is 11.5. The number of aromatic nitrogens is 3. The number of likely N-dealkylation sites (tertiary alicyclic amines) is 2. The van der Waals surface area contributed by atoms with Gasteiger partial charge in [0.05, 0.1) is 12.3 Å². The van der Waals surface area contributed by atoms with Gasteiger partial charge in [-0.05, 0) is 37.4 Å². The van der Waals surface area contributed by atoms with Gasteiger partial charge in [-0.25, -0.2) is 0 Å². The molecular weight excluding hydrogens is 366 g/mol. The monoisotopic (exact) mass is 393 g/mol. The van der Waals surface area contributed by atoms with Gasteiger partial charge >= 0.3 is 0 Å². The van der Waals surface area contributed by atoms with E-state index in [1.807, 2.05) is 23.2 Å². The Bertz CT molecular complexity index is 1000. The van der Waals surface area contributed by atoms with Crippen molar-refractivity contribution in [2.24, 2.45) is 0 Å². The lowest BCUT2D eigenvalue weighted by molar-refractivity contribution is -0.130. The summed E-state index contributed by atoms with van der Waals surface area (Å²) >= 11 is 0. The Labute approximate surface area is 170 Å². The van der Waals surface area contributed by atoms with E-state index in [9.17, 15) is 4.79 Å². The van der Waals surface area contributed by atoms with Crippen molar-refractivity contribution in [1.82, 2.24) is 25.0 Å². The minimum absolute atomic E-state index is 0.191. The molecule has 0 bridgehead atoms. The predicted molar refractivity (Wildman–Crippen MR) is 110 cm³/mol. The van der Waals surface area contributed by atoms with Crippen LogP contribution in [0.25, 0.3) is 10.9 Å². The van der Waals surface area contributed by atoms with Crippen LogP contribution < -0.4 is 0 Å². The fourth-order valence-electron chi connectivity index (χ4n) is 4.81. The molecule has 5 rings (SSSR count). The van der Waals surface area contributed by atoms with Crippen molar-refractivity contribution in [2.75, 3.05) is 26.2 Å². The summed E-state index contributed by atoms with van der Waals surface area (Å²) in [5, 5.41) is 9.89. The second-order valence-electron chi connectivity index (χ2n) is 8.29. The van der Waals surface area contributed by atoms with Crippen molar-refractivity contribution in [3.63, 3.8) is 0 Å². The fraction of sp³-hybridized carbons (Fsp3) is 0.500. The van der Waals surface area contributed by atoms with Gasteiger partial charge in [0.25, 0.3) is 0 Å². The molecule has 7 nitrogen and oxygen atoms in total. The SMILES string of the molecule is CC(=O)N1CCC(N2CCC(c3nnc(Cc4c[nH]c5ccccc45)o3)C2)CC1. The van der Waals surface area contributed by atoms with E-state index in [-0.39, 0.29) is 5.91 Å². The molecule has 1 N–H and O–H groups in total. The zero-order chi connectivity index (χ0) is 19.8. The molecule has 7 heteroatoms. The van der Waals surface area contributed by atoms with Crippen molar-refractivity contribution in [3.8, 4) is 0 Å². The first kappa shape index (κ1) is 18.4. The number of rotatable bonds is 4. The summed E-state index contributed by atoms with van der Waals surface area (Å²) < 4.78 is 6.06. The molecule has 1 aromatic carbocycles. The van der Waals surface area contributed by atoms with Crippen LogP contribution in [0, 0.1) is 0 Å². The standard InChI is InChI=1S/C22H27N5O2/c1-15(28)26-10-7-18(8-11-26)27-9-6-16(14-27)22-25-24-21(29-22)12-17-13-23-20-5-3-2-4-19(17)20/h2-5,13,16,18,23H,6-12,14H2,1H3. The number of hydrogen-bond donors (Lipinski definition) is 1. The molecule has 0 spiro atoms. The maximum Gasteiger partial charge on any atom is 0.221 e. The molecule has 2 fully saturated rings. The van der Waals surface area contributed by atoms with Gasteiger partial charge in [0.1, 0.15) is 0 Å². The molecule has 2 aromatic heterocycles. The highest BCUT2D eigenvalue weighted by atomic mass is 16.4. The minimum atomic E-state index is 0.191. The lowest BCUT2D eigenvalue weighted by Gasteiger charge is -2.36. The van der Waals surface area contributed by atoms with Gasteiger partial charge in [0.2, 0.25) is 17.7 Å². The van der Waals surface area contributed by atoms with Crippen LogP contribution >= 0.6 is 0 Å². The molecule has 1 atom stereocenters. The maximum absolute atomic E-state index is 11.5. The highest BCUT2D eigenvalue weighted by Crippen LogP contribution is 2.31. The number of H-pyrrole nitrogens is 1. The molecule has 0 aliphatic carbocycles. The Hall–Kier alpha value is -2.67. The van der Waals surface area contributed by atoms with E-state index in [2.05, 4.69) is 32.2 Å². The topological polar surface area (TPSA) is 78.3 Å². The van der Waals surface area contributed by atoms with Crippen molar-refractivity contribution < 1.29 is 9.21 Å². The molecule has 3 aromatic rings. The number of para-hydroxylation sites is 1. The van der Waals surface area contributed by atoms with E-state index in [1.165, 1.54) is 10.9 Å². The molecule has 152 valence electrons. The molecule has 2 aliphatic heterocycles. The van der Waals surface area contributed by atoms with Gasteiger partial charge in [-0.15, -0.1) is 10.2 Å². The Kier molecular flexibility index (Phi) is 4.83. The van der Waals surface area contributed by atoms with Gasteiger partial charge in [0, 0.05) is 49.7 Å². The van der Waals surface area contributed by atoms with Gasteiger partial charge in [-0.1, -0.05) is 18.2 Å². The van der Waals surface area contributed by atoms with Gasteiger partial charge in [-0.3, -0.25) is 9.69 Å². The van der Waals surface area contributed by atoms with Gasteiger partial charge in [-0.2, -0.15) is 0 Å². The Balaban J connectivity index is 1.21. The van der Waals surface area contributed by atoms with E-state index in [1.54, 1.807) is 6.92 Å². The van der Waals surface area contributed by atoms with Crippen LogP contribution in [-0.4, -0.2) is 63.1 Å². The first-order valence-electron chi connectivity index (χ1n) is 10.5. The third kappa shape index (κ3) is 3.67. The number of nitrogens with zero attached hydrogens (tertiary/aromatic N) is 4. The predicted octanol–water partition coefficient (Wildman–Crippen LogP) is 2.94. The average Bonchev–Trinajstić information content (AvgIpc) is 3.48. The number of nitrogens with one attached hydrogen (secondary N) is 1. The largest absolute Gasteiger partial charge is 0.425 e. The lowest BCUT2D eigenvalue weighted by atomic mass is 10.0. The summed E-state index contributed by atoms with van der Waals surface area (Å²) in [7, 11) is 0. The van der Waals surface area contributed by atoms with Crippen LogP contribution in [0.2, 0.25) is 0 Å². The smallest absolute Gasteiger partial charge is 0.221 e. The van der Waals surface area contributed by atoms with E-state index in [0.29, 0.717) is 24.3 Å². The van der Waals surface area contributed by atoms with Crippen LogP contribution in [0.3, 0.4) is 0 Å². The molecule has 2 saturated heterocycles. The molecule has 2 aliphatic rings. The van der Waals surface area contributed by atoms with E-state index >= 15 is 0 Å². The Morgan fingerprint density at radius 1 is 1.17 bits per heavy atom. The molecule has 0 saturated carbocycles. The summed E-state index contributed by atoms with van der Waals surface area (Å²) in [6.45, 7) is 5.44. The lowest BCUT2D eigenvalue weighted by Crippen LogP contribution is -2.45. The number of hydrogen-bond acceptors (Lipinski definition) is 5. The zero-order valence-corrected chi connectivity index (χ0v) is 16.8. The number of benzene rings is 1. The number of fused-ring (bicyclic) bond motifs is 1. The average molecular weight is 393 g/mol. The summed E-state index contributed by atoms with van der Waals surface area (Å²) in [6, 6.07) is 8.83. The number of piperidine rings is 1. The minimum Gasteiger partial charge on any atom is -0.425 e. The van der Waals surface area contributed by atoms with Crippen LogP contribution in [0.15, 0.2) is 34.9 Å². The van der Waals surface area contributed by atoms with E-state index < -0.39 is 0 Å². The molecule has 4 heterocycles. The van der Waals surface area contributed by atoms with Gasteiger partial charge < -0.3 is 14.3 Å². The summed E-state index contributed by atoms with van der Waals surface area (Å²) in [5.41, 5.74) is 2.31. The second kappa shape index (κ2) is 7.63. The normalized spacial score (nSPS) is 21.3. The van der Waals surface area contributed by atoms with Crippen molar-refractivity contribution in [1.29, 1.82) is 0 Å². The highest BCUT2D eigenvalue weighted by molar-refractivity contribution is 5.83. The summed E-state index contributed by atoms with van der Waals surface area (Å²) in [5.74, 6) is 1.95. The van der Waals surface area contributed by atoms with E-state index in [0.717, 1.165) is 56.8 Å². The van der Waals surface area contributed by atoms with Gasteiger partial charge in [0.15, 0.2) is 0 Å². The number of carbonyl (C=O) groups is 1. The summed E-state index contributed by atoms with van der Waals surface area (Å²) in [4.78, 5) is 19.3. The van der Waals surface area contributed by atoms with Crippen LogP contribution in [-0.2, 0) is 11.2 Å². The first-order chi connectivity index (χ1) is 14.2. The van der Waals surface area contributed by atoms with Crippen LogP contribution in [0.5, 0.6) is 0 Å². The van der Waals surface area contributed by atoms with Crippen molar-refractivity contribution >= 4 is 16.8 Å². The zero-order valence-electron chi connectivity index (χ0n) is 16.8. The number of carbonyl (C=O) groups excluding carboxylic acids is 1. The third-order valence-electron chi connectivity index (χ3n) is 6.49. The molecule has 1 unspecified atom stereocenters. The molecule has 29 heavy (non-hydrogen) atoms. The van der Waals surface area contributed by atoms with Crippen molar-refractivity contribution in [2.45, 2.75) is 44.6 Å². The second-order valence-corrected chi connectivity index (χ2v) is 8.29. The summed E-state index contributed by atoms with van der Waals surface area (Å²) in [6.07, 6.45) is 5.85. The van der Waals surface area contributed by atoms with E-state index in [4.69, 9.17) is 4.42 Å². The quantitative estimate of drug-likeness (QED) is 0.737. The molecule has 0 radical (unpaired) electrons. The van der Waals surface area contributed by atoms with Crippen LogP contribution in [0.1, 0.15) is 49.4 Å². The first-order valence-corrected chi connectivity index (χ1v) is 10.5. The van der Waals surface area contributed by atoms with Crippen LogP contribution in [0.4, 0.5) is 0 Å². The third-order valence-corrected chi connectivity index (χ3v) is 6.49. The molecule has 1 amide bonds. The number of aromatic amines is 1. The number of amides is 1. The Morgan fingerprint density at radius 3 is 2.83 bits per heavy atom. The fourth-order valence-corrected chi connectivity index (χ4v) is 4.81. The Morgan fingerprint density at radius 2 is 2.00 bits per heavy atom. The molecular formula is C22H27N5O2. The highest BCUT2D eigenvalue weighted by Gasteiger charge is 2.34. The van der Waals surface area contributed by atoms with Crippen molar-refractivity contribution in [3.05, 3.63) is 47.8 Å².